The van der Waals surface area contributed by atoms with E-state index in [9.17, 15) is 22.8 Å². The lowest BCUT2D eigenvalue weighted by atomic mass is 10.1. The Kier molecular flexibility index (Phi) is 8.72. The quantitative estimate of drug-likeness (QED) is 0.256. The van der Waals surface area contributed by atoms with Gasteiger partial charge in [-0.25, -0.2) is 8.42 Å². The standard InChI is InChI=1S/C26H33N5O5S/c1-17-9-11-18(12-10-17)37(35,36)31-22(15-23(32)30-26(2,3)4)25(34)28-14-13-27-24(33)20-16-29-21-8-6-5-7-19(20)21/h5-12,16,22,29,31H,13-15H2,1-4H3,(H,27,33)(H,28,34)(H,30,32)/t22-/m0/s1. The van der Waals surface area contributed by atoms with Crippen molar-refractivity contribution in [3.05, 3.63) is 65.9 Å². The molecule has 3 aromatic rings. The summed E-state index contributed by atoms with van der Waals surface area (Å²) in [6.45, 7) is 7.33. The molecule has 0 aliphatic heterocycles. The fourth-order valence-corrected chi connectivity index (χ4v) is 4.85. The number of nitrogens with one attached hydrogen (secondary N) is 5. The van der Waals surface area contributed by atoms with Crippen LogP contribution in [0.1, 0.15) is 43.1 Å². The summed E-state index contributed by atoms with van der Waals surface area (Å²) in [5, 5.41) is 8.85. The van der Waals surface area contributed by atoms with E-state index in [1.54, 1.807) is 39.1 Å². The van der Waals surface area contributed by atoms with Gasteiger partial charge < -0.3 is 20.9 Å². The summed E-state index contributed by atoms with van der Waals surface area (Å²) in [5.74, 6) is -1.47. The van der Waals surface area contributed by atoms with Crippen LogP contribution >= 0.6 is 0 Å². The van der Waals surface area contributed by atoms with Gasteiger partial charge in [-0.15, -0.1) is 0 Å². The van der Waals surface area contributed by atoms with Gasteiger partial charge in [-0.05, 0) is 45.9 Å². The van der Waals surface area contributed by atoms with E-state index in [2.05, 4.69) is 25.7 Å². The number of aromatic nitrogens is 1. The largest absolute Gasteiger partial charge is 0.360 e. The van der Waals surface area contributed by atoms with Crippen LogP contribution in [0.2, 0.25) is 0 Å². The third-order valence-electron chi connectivity index (χ3n) is 5.39. The molecule has 1 heterocycles. The van der Waals surface area contributed by atoms with Crippen molar-refractivity contribution in [2.24, 2.45) is 0 Å². The van der Waals surface area contributed by atoms with E-state index in [0.717, 1.165) is 16.5 Å². The Hall–Kier alpha value is -3.70. The molecule has 37 heavy (non-hydrogen) atoms. The maximum absolute atomic E-state index is 12.9. The normalized spacial score (nSPS) is 12.6. The monoisotopic (exact) mass is 527 g/mol. The second kappa shape index (κ2) is 11.6. The number of aromatic amines is 1. The highest BCUT2D eigenvalue weighted by atomic mass is 32.2. The Bertz CT molecular complexity index is 1370. The van der Waals surface area contributed by atoms with Gasteiger partial charge in [0, 0.05) is 35.7 Å². The molecule has 10 nitrogen and oxygen atoms in total. The molecule has 1 aromatic heterocycles. The Balaban J connectivity index is 1.63. The van der Waals surface area contributed by atoms with Crippen molar-refractivity contribution in [3.8, 4) is 0 Å². The van der Waals surface area contributed by atoms with Gasteiger partial charge in [0.15, 0.2) is 0 Å². The lowest BCUT2D eigenvalue weighted by molar-refractivity contribution is -0.128. The minimum Gasteiger partial charge on any atom is -0.360 e. The number of benzene rings is 2. The molecule has 5 N–H and O–H groups in total. The van der Waals surface area contributed by atoms with Crippen LogP contribution < -0.4 is 20.7 Å². The third-order valence-corrected chi connectivity index (χ3v) is 6.88. The van der Waals surface area contributed by atoms with Gasteiger partial charge in [-0.3, -0.25) is 14.4 Å². The molecule has 0 fully saturated rings. The number of rotatable bonds is 10. The molecule has 3 rings (SSSR count). The van der Waals surface area contributed by atoms with Gasteiger partial charge in [0.1, 0.15) is 6.04 Å². The molecule has 0 saturated heterocycles. The Morgan fingerprint density at radius 3 is 2.27 bits per heavy atom. The molecule has 0 saturated carbocycles. The topological polar surface area (TPSA) is 149 Å². The Morgan fingerprint density at radius 2 is 1.59 bits per heavy atom. The SMILES string of the molecule is Cc1ccc(S(=O)(=O)N[C@@H](CC(=O)NC(C)(C)C)C(=O)NCCNC(=O)c2c[nH]c3ccccc23)cc1. The van der Waals surface area contributed by atoms with Crippen LogP contribution in [-0.2, 0) is 19.6 Å². The minimum absolute atomic E-state index is 0.0156. The highest BCUT2D eigenvalue weighted by Gasteiger charge is 2.29. The zero-order valence-corrected chi connectivity index (χ0v) is 22.2. The van der Waals surface area contributed by atoms with E-state index < -0.39 is 39.8 Å². The van der Waals surface area contributed by atoms with E-state index in [-0.39, 0.29) is 23.9 Å². The first-order valence-electron chi connectivity index (χ1n) is 11.9. The molecular weight excluding hydrogens is 494 g/mol. The molecule has 0 radical (unpaired) electrons. The van der Waals surface area contributed by atoms with Gasteiger partial charge >= 0.3 is 0 Å². The molecule has 198 valence electrons. The van der Waals surface area contributed by atoms with Crippen LogP contribution in [0.4, 0.5) is 0 Å². The predicted octanol–water partition coefficient (Wildman–Crippen LogP) is 1.97. The van der Waals surface area contributed by atoms with Crippen LogP contribution in [0.5, 0.6) is 0 Å². The zero-order valence-electron chi connectivity index (χ0n) is 21.3. The minimum atomic E-state index is -4.07. The second-order valence-electron chi connectivity index (χ2n) is 9.78. The second-order valence-corrected chi connectivity index (χ2v) is 11.5. The van der Waals surface area contributed by atoms with Crippen LogP contribution in [0, 0.1) is 6.92 Å². The number of carbonyl (C=O) groups is 3. The molecule has 0 aliphatic rings. The summed E-state index contributed by atoms with van der Waals surface area (Å²) in [6.07, 6.45) is 1.22. The van der Waals surface area contributed by atoms with Crippen LogP contribution in [0.15, 0.2) is 59.6 Å². The highest BCUT2D eigenvalue weighted by molar-refractivity contribution is 7.89. The Morgan fingerprint density at radius 1 is 0.946 bits per heavy atom. The number of hydrogen-bond donors (Lipinski definition) is 5. The number of sulfonamides is 1. The molecular formula is C26H33N5O5S. The summed E-state index contributed by atoms with van der Waals surface area (Å²) in [7, 11) is -4.07. The van der Waals surface area contributed by atoms with Crippen molar-refractivity contribution in [2.75, 3.05) is 13.1 Å². The first-order chi connectivity index (χ1) is 17.4. The Labute approximate surface area is 216 Å². The van der Waals surface area contributed by atoms with Crippen molar-refractivity contribution in [2.45, 2.75) is 50.6 Å². The van der Waals surface area contributed by atoms with Gasteiger partial charge in [0.25, 0.3) is 5.91 Å². The first-order valence-corrected chi connectivity index (χ1v) is 13.4. The van der Waals surface area contributed by atoms with Crippen LogP contribution in [0.3, 0.4) is 0 Å². The third kappa shape index (κ3) is 7.89. The molecule has 0 bridgehead atoms. The molecule has 0 aliphatic carbocycles. The summed E-state index contributed by atoms with van der Waals surface area (Å²) < 4.78 is 28.1. The predicted molar refractivity (Wildman–Crippen MR) is 141 cm³/mol. The van der Waals surface area contributed by atoms with E-state index in [4.69, 9.17) is 0 Å². The molecule has 3 amide bonds. The average Bonchev–Trinajstić information content (AvgIpc) is 3.24. The summed E-state index contributed by atoms with van der Waals surface area (Å²) >= 11 is 0. The first kappa shape index (κ1) is 27.9. The van der Waals surface area contributed by atoms with E-state index in [1.807, 2.05) is 31.2 Å². The van der Waals surface area contributed by atoms with Crippen molar-refractivity contribution < 1.29 is 22.8 Å². The lowest BCUT2D eigenvalue weighted by Crippen LogP contribution is -2.51. The highest BCUT2D eigenvalue weighted by Crippen LogP contribution is 2.17. The molecule has 11 heteroatoms. The number of hydrogen-bond acceptors (Lipinski definition) is 5. The maximum atomic E-state index is 12.9. The summed E-state index contributed by atoms with van der Waals surface area (Å²) in [6, 6.07) is 12.2. The summed E-state index contributed by atoms with van der Waals surface area (Å²) in [4.78, 5) is 41.0. The van der Waals surface area contributed by atoms with E-state index >= 15 is 0 Å². The van der Waals surface area contributed by atoms with Crippen LogP contribution in [0.25, 0.3) is 10.9 Å². The number of para-hydroxylation sites is 1. The van der Waals surface area contributed by atoms with Crippen molar-refractivity contribution in [1.29, 1.82) is 0 Å². The van der Waals surface area contributed by atoms with Gasteiger partial charge in [-0.2, -0.15) is 4.72 Å². The average molecular weight is 528 g/mol. The smallest absolute Gasteiger partial charge is 0.253 e. The number of amides is 3. The van der Waals surface area contributed by atoms with E-state index in [1.165, 1.54) is 12.1 Å². The maximum Gasteiger partial charge on any atom is 0.253 e. The number of aryl methyl sites for hydroxylation is 1. The molecule has 0 spiro atoms. The number of H-pyrrole nitrogens is 1. The van der Waals surface area contributed by atoms with Crippen molar-refractivity contribution >= 4 is 38.6 Å². The fraction of sp³-hybridized carbons (Fsp3) is 0.346. The van der Waals surface area contributed by atoms with Crippen LogP contribution in [-0.4, -0.2) is 55.8 Å². The van der Waals surface area contributed by atoms with Crippen molar-refractivity contribution in [1.82, 2.24) is 25.7 Å². The molecule has 0 unspecified atom stereocenters. The van der Waals surface area contributed by atoms with Gasteiger partial charge in [-0.1, -0.05) is 35.9 Å². The van der Waals surface area contributed by atoms with Gasteiger partial charge in [0.2, 0.25) is 21.8 Å². The van der Waals surface area contributed by atoms with Gasteiger partial charge in [0.05, 0.1) is 16.9 Å². The lowest BCUT2D eigenvalue weighted by Gasteiger charge is -2.23. The molecule has 1 atom stereocenters. The molecule has 2 aromatic carbocycles. The zero-order chi connectivity index (χ0) is 27.2. The summed E-state index contributed by atoms with van der Waals surface area (Å²) in [5.41, 5.74) is 1.64. The van der Waals surface area contributed by atoms with E-state index in [0.29, 0.717) is 5.56 Å². The number of carbonyl (C=O) groups excluding carboxylic acids is 3. The van der Waals surface area contributed by atoms with Crippen molar-refractivity contribution in [3.63, 3.8) is 0 Å². The fourth-order valence-electron chi connectivity index (χ4n) is 3.65. The number of fused-ring (bicyclic) bond motifs is 1.